The maximum atomic E-state index is 12.0. The van der Waals surface area contributed by atoms with Gasteiger partial charge in [0.15, 0.2) is 0 Å². The number of hydrogen-bond donors (Lipinski definition) is 0. The third kappa shape index (κ3) is 4.77. The minimum absolute atomic E-state index is 0.0597. The summed E-state index contributed by atoms with van der Waals surface area (Å²) in [5.74, 6) is 1.19. The van der Waals surface area contributed by atoms with Crippen molar-refractivity contribution in [1.82, 2.24) is 4.90 Å². The van der Waals surface area contributed by atoms with Gasteiger partial charge in [0.2, 0.25) is 0 Å². The fourth-order valence-corrected chi connectivity index (χ4v) is 2.35. The first kappa shape index (κ1) is 15.9. The van der Waals surface area contributed by atoms with E-state index in [-0.39, 0.29) is 12.2 Å². The minimum atomic E-state index is -0.445. The Kier molecular flexibility index (Phi) is 4.93. The Hall–Kier alpha value is -1.49. The van der Waals surface area contributed by atoms with Crippen molar-refractivity contribution < 1.29 is 18.7 Å². The summed E-state index contributed by atoms with van der Waals surface area (Å²) < 4.78 is 16.5. The fourth-order valence-electron chi connectivity index (χ4n) is 2.35. The number of likely N-dealkylation sites (tertiary alicyclic amines) is 1. The molecule has 118 valence electrons. The molecule has 0 radical (unpaired) electrons. The van der Waals surface area contributed by atoms with Crippen molar-refractivity contribution in [3.63, 3.8) is 0 Å². The van der Waals surface area contributed by atoms with Crippen LogP contribution in [0, 0.1) is 5.92 Å². The average Bonchev–Trinajstić information content (AvgIpc) is 3.05. The SMILES string of the molecule is C[C@@H](OC[C@H]1CCN(C(=O)OC(C)(C)C)C1)c1ccco1. The van der Waals surface area contributed by atoms with Gasteiger partial charge in [-0.2, -0.15) is 0 Å². The molecule has 0 aliphatic carbocycles. The number of rotatable bonds is 4. The molecule has 0 aromatic carbocycles. The van der Waals surface area contributed by atoms with Gasteiger partial charge in [-0.25, -0.2) is 4.79 Å². The molecule has 1 aliphatic rings. The van der Waals surface area contributed by atoms with Crippen molar-refractivity contribution in [2.24, 2.45) is 5.92 Å². The van der Waals surface area contributed by atoms with Gasteiger partial charge in [-0.05, 0) is 46.2 Å². The molecule has 0 saturated carbocycles. The molecule has 1 aromatic heterocycles. The Labute approximate surface area is 126 Å². The van der Waals surface area contributed by atoms with Gasteiger partial charge in [0, 0.05) is 19.0 Å². The Balaban J connectivity index is 1.74. The topological polar surface area (TPSA) is 51.9 Å². The lowest BCUT2D eigenvalue weighted by Crippen LogP contribution is -2.35. The molecular formula is C16H25NO4. The second-order valence-corrected chi connectivity index (χ2v) is 6.57. The molecule has 2 atom stereocenters. The molecular weight excluding hydrogens is 270 g/mol. The van der Waals surface area contributed by atoms with Crippen molar-refractivity contribution in [1.29, 1.82) is 0 Å². The summed E-state index contributed by atoms with van der Waals surface area (Å²) in [4.78, 5) is 13.7. The molecule has 0 spiro atoms. The van der Waals surface area contributed by atoms with Crippen molar-refractivity contribution in [3.8, 4) is 0 Å². The molecule has 2 rings (SSSR count). The summed E-state index contributed by atoms with van der Waals surface area (Å²) in [6.07, 6.45) is 2.30. The molecule has 0 N–H and O–H groups in total. The number of carbonyl (C=O) groups is 1. The molecule has 1 amide bonds. The second kappa shape index (κ2) is 6.52. The van der Waals surface area contributed by atoms with Crippen LogP contribution < -0.4 is 0 Å². The lowest BCUT2D eigenvalue weighted by molar-refractivity contribution is 0.0192. The minimum Gasteiger partial charge on any atom is -0.467 e. The van der Waals surface area contributed by atoms with Crippen LogP contribution in [0.3, 0.4) is 0 Å². The Morgan fingerprint density at radius 1 is 1.52 bits per heavy atom. The van der Waals surface area contributed by atoms with E-state index >= 15 is 0 Å². The van der Waals surface area contributed by atoms with Crippen LogP contribution in [-0.4, -0.2) is 36.3 Å². The number of furan rings is 1. The van der Waals surface area contributed by atoms with E-state index in [1.54, 1.807) is 11.2 Å². The molecule has 1 fully saturated rings. The van der Waals surface area contributed by atoms with Gasteiger partial charge in [0.05, 0.1) is 12.9 Å². The van der Waals surface area contributed by atoms with Gasteiger partial charge in [-0.3, -0.25) is 0 Å². The summed E-state index contributed by atoms with van der Waals surface area (Å²) in [7, 11) is 0. The molecule has 1 aliphatic heterocycles. The number of amides is 1. The lowest BCUT2D eigenvalue weighted by Gasteiger charge is -2.24. The van der Waals surface area contributed by atoms with Gasteiger partial charge in [0.1, 0.15) is 17.5 Å². The van der Waals surface area contributed by atoms with Crippen LogP contribution in [0.15, 0.2) is 22.8 Å². The number of carbonyl (C=O) groups excluding carboxylic acids is 1. The molecule has 21 heavy (non-hydrogen) atoms. The highest BCUT2D eigenvalue weighted by atomic mass is 16.6. The number of ether oxygens (including phenoxy) is 2. The van der Waals surface area contributed by atoms with E-state index in [2.05, 4.69) is 0 Å². The monoisotopic (exact) mass is 295 g/mol. The van der Waals surface area contributed by atoms with Crippen LogP contribution in [0.2, 0.25) is 0 Å². The van der Waals surface area contributed by atoms with Crippen LogP contribution in [0.4, 0.5) is 4.79 Å². The van der Waals surface area contributed by atoms with Crippen LogP contribution in [0.25, 0.3) is 0 Å². The maximum Gasteiger partial charge on any atom is 0.410 e. The molecule has 1 saturated heterocycles. The standard InChI is InChI=1S/C16H25NO4/c1-12(14-6-5-9-19-14)20-11-13-7-8-17(10-13)15(18)21-16(2,3)4/h5-6,9,12-13H,7-8,10-11H2,1-4H3/t12-,13+/m1/s1. The first-order valence-corrected chi connectivity index (χ1v) is 7.48. The molecule has 5 heteroatoms. The van der Waals surface area contributed by atoms with E-state index < -0.39 is 5.60 Å². The Morgan fingerprint density at radius 3 is 2.90 bits per heavy atom. The average molecular weight is 295 g/mol. The lowest BCUT2D eigenvalue weighted by atomic mass is 10.1. The van der Waals surface area contributed by atoms with E-state index in [1.807, 2.05) is 39.8 Å². The van der Waals surface area contributed by atoms with Gasteiger partial charge < -0.3 is 18.8 Å². The third-order valence-corrected chi connectivity index (χ3v) is 3.46. The fraction of sp³-hybridized carbons (Fsp3) is 0.688. The second-order valence-electron chi connectivity index (χ2n) is 6.57. The maximum absolute atomic E-state index is 12.0. The molecule has 0 unspecified atom stereocenters. The predicted octanol–water partition coefficient (Wildman–Crippen LogP) is 3.61. The molecule has 5 nitrogen and oxygen atoms in total. The summed E-state index contributed by atoms with van der Waals surface area (Å²) in [6.45, 7) is 9.67. The zero-order chi connectivity index (χ0) is 15.5. The Bertz CT molecular complexity index is 449. The highest BCUT2D eigenvalue weighted by molar-refractivity contribution is 5.68. The van der Waals surface area contributed by atoms with Crippen LogP contribution in [0.5, 0.6) is 0 Å². The third-order valence-electron chi connectivity index (χ3n) is 3.46. The van der Waals surface area contributed by atoms with E-state index in [4.69, 9.17) is 13.9 Å². The van der Waals surface area contributed by atoms with Crippen molar-refractivity contribution in [2.45, 2.75) is 45.8 Å². The number of nitrogens with zero attached hydrogens (tertiary/aromatic N) is 1. The van der Waals surface area contributed by atoms with Crippen LogP contribution in [-0.2, 0) is 9.47 Å². The van der Waals surface area contributed by atoms with Crippen LogP contribution in [0.1, 0.15) is 46.0 Å². The molecule has 1 aromatic rings. The zero-order valence-electron chi connectivity index (χ0n) is 13.3. The Morgan fingerprint density at radius 2 is 2.29 bits per heavy atom. The number of hydrogen-bond acceptors (Lipinski definition) is 4. The largest absolute Gasteiger partial charge is 0.467 e. The van der Waals surface area contributed by atoms with E-state index in [9.17, 15) is 4.79 Å². The first-order chi connectivity index (χ1) is 9.85. The van der Waals surface area contributed by atoms with Crippen LogP contribution >= 0.6 is 0 Å². The van der Waals surface area contributed by atoms with Crippen molar-refractivity contribution >= 4 is 6.09 Å². The van der Waals surface area contributed by atoms with E-state index in [0.717, 1.165) is 18.7 Å². The first-order valence-electron chi connectivity index (χ1n) is 7.48. The summed E-state index contributed by atoms with van der Waals surface area (Å²) in [5, 5.41) is 0. The van der Waals surface area contributed by atoms with E-state index in [0.29, 0.717) is 19.1 Å². The highest BCUT2D eigenvalue weighted by Gasteiger charge is 2.30. The molecule has 2 heterocycles. The summed E-state index contributed by atoms with van der Waals surface area (Å²) in [6, 6.07) is 3.77. The van der Waals surface area contributed by atoms with Gasteiger partial charge in [-0.1, -0.05) is 0 Å². The smallest absolute Gasteiger partial charge is 0.410 e. The van der Waals surface area contributed by atoms with Gasteiger partial charge in [0.25, 0.3) is 0 Å². The highest BCUT2D eigenvalue weighted by Crippen LogP contribution is 2.23. The summed E-state index contributed by atoms with van der Waals surface area (Å²) in [5.41, 5.74) is -0.445. The zero-order valence-corrected chi connectivity index (χ0v) is 13.3. The van der Waals surface area contributed by atoms with Gasteiger partial charge in [-0.15, -0.1) is 0 Å². The van der Waals surface area contributed by atoms with E-state index in [1.165, 1.54) is 0 Å². The summed E-state index contributed by atoms with van der Waals surface area (Å²) >= 11 is 0. The van der Waals surface area contributed by atoms with Crippen molar-refractivity contribution in [2.75, 3.05) is 19.7 Å². The van der Waals surface area contributed by atoms with Crippen molar-refractivity contribution in [3.05, 3.63) is 24.2 Å². The predicted molar refractivity (Wildman–Crippen MR) is 79.0 cm³/mol. The normalized spacial score (nSPS) is 20.6. The quantitative estimate of drug-likeness (QED) is 0.851. The van der Waals surface area contributed by atoms with Gasteiger partial charge >= 0.3 is 6.09 Å². The molecule has 0 bridgehead atoms.